The maximum atomic E-state index is 12.2. The van der Waals surface area contributed by atoms with Crippen LogP contribution in [0.1, 0.15) is 12.5 Å². The molecular formula is C15H20N4OS. The average molecular weight is 304 g/mol. The van der Waals surface area contributed by atoms with E-state index in [0.717, 1.165) is 10.5 Å². The molecule has 2 aromatic rings. The first-order valence-corrected chi connectivity index (χ1v) is 7.79. The van der Waals surface area contributed by atoms with Crippen molar-refractivity contribution in [1.82, 2.24) is 15.1 Å². The number of nitrogens with one attached hydrogen (secondary N) is 1. The molecule has 1 heterocycles. The van der Waals surface area contributed by atoms with Crippen molar-refractivity contribution in [2.24, 2.45) is 12.8 Å². The van der Waals surface area contributed by atoms with Gasteiger partial charge in [-0.3, -0.25) is 14.8 Å². The smallest absolute Gasteiger partial charge is 0.243 e. The second kappa shape index (κ2) is 6.78. The fourth-order valence-electron chi connectivity index (χ4n) is 2.23. The minimum Gasteiger partial charge on any atom is -0.368 e. The zero-order valence-electron chi connectivity index (χ0n) is 12.2. The number of rotatable bonds is 7. The molecule has 0 aliphatic carbocycles. The molecule has 1 atom stereocenters. The zero-order valence-corrected chi connectivity index (χ0v) is 13.1. The molecule has 3 N–H and O–H groups in total. The van der Waals surface area contributed by atoms with Gasteiger partial charge in [-0.25, -0.2) is 0 Å². The van der Waals surface area contributed by atoms with Gasteiger partial charge in [0.25, 0.3) is 0 Å². The van der Waals surface area contributed by atoms with Crippen molar-refractivity contribution < 1.29 is 4.79 Å². The van der Waals surface area contributed by atoms with Crippen LogP contribution in [0.4, 0.5) is 0 Å². The van der Waals surface area contributed by atoms with Crippen molar-refractivity contribution in [3.8, 4) is 0 Å². The first-order valence-electron chi connectivity index (χ1n) is 6.80. The largest absolute Gasteiger partial charge is 0.368 e. The molecular weight excluding hydrogens is 284 g/mol. The molecule has 0 bridgehead atoms. The van der Waals surface area contributed by atoms with Crippen molar-refractivity contribution in [1.29, 1.82) is 0 Å². The summed E-state index contributed by atoms with van der Waals surface area (Å²) in [6.45, 7) is 2.63. The summed E-state index contributed by atoms with van der Waals surface area (Å²) in [5.41, 5.74) is 5.73. The van der Waals surface area contributed by atoms with Crippen molar-refractivity contribution in [3.63, 3.8) is 0 Å². The van der Waals surface area contributed by atoms with E-state index in [1.165, 1.54) is 0 Å². The summed E-state index contributed by atoms with van der Waals surface area (Å²) in [4.78, 5) is 13.2. The second-order valence-corrected chi connectivity index (χ2v) is 5.85. The fourth-order valence-corrected chi connectivity index (χ4v) is 3.37. The topological polar surface area (TPSA) is 72.9 Å². The van der Waals surface area contributed by atoms with Gasteiger partial charge in [-0.15, -0.1) is 11.8 Å². The highest BCUT2D eigenvalue weighted by Gasteiger charge is 2.37. The Morgan fingerprint density at radius 2 is 2.14 bits per heavy atom. The molecule has 0 saturated carbocycles. The number of likely N-dealkylation sites (N-methyl/N-ethyl adjacent to an activating group) is 1. The summed E-state index contributed by atoms with van der Waals surface area (Å²) in [6, 6.07) is 9.61. The standard InChI is InChI=1S/C15H20N4OS/c1-3-17-15(14(16)20,12-7-5-4-6-8-12)11-21-13-9-18-19(2)10-13/h4-10,17H,3,11H2,1-2H3,(H2,16,20). The lowest BCUT2D eigenvalue weighted by Gasteiger charge is -2.31. The number of carbonyl (C=O) groups excluding carboxylic acids is 1. The van der Waals surface area contributed by atoms with Crippen LogP contribution in [-0.4, -0.2) is 28.0 Å². The molecule has 1 unspecified atom stereocenters. The number of hydrogen-bond donors (Lipinski definition) is 2. The number of primary amides is 1. The molecule has 0 fully saturated rings. The van der Waals surface area contributed by atoms with E-state index in [0.29, 0.717) is 12.3 Å². The third kappa shape index (κ3) is 3.46. The first kappa shape index (κ1) is 15.6. The van der Waals surface area contributed by atoms with Crippen molar-refractivity contribution in [2.75, 3.05) is 12.3 Å². The summed E-state index contributed by atoms with van der Waals surface area (Å²) in [5.74, 6) is 0.151. The minimum atomic E-state index is -0.878. The van der Waals surface area contributed by atoms with E-state index < -0.39 is 5.54 Å². The quantitative estimate of drug-likeness (QED) is 0.760. The Kier molecular flexibility index (Phi) is 5.03. The van der Waals surface area contributed by atoms with Crippen LogP contribution in [0, 0.1) is 0 Å². The number of nitrogens with zero attached hydrogens (tertiary/aromatic N) is 2. The molecule has 0 radical (unpaired) electrons. The fraction of sp³-hybridized carbons (Fsp3) is 0.333. The van der Waals surface area contributed by atoms with Gasteiger partial charge in [0.2, 0.25) is 5.91 Å². The number of carbonyl (C=O) groups is 1. The number of thioether (sulfide) groups is 1. The number of aryl methyl sites for hydroxylation is 1. The van der Waals surface area contributed by atoms with E-state index in [4.69, 9.17) is 5.73 Å². The van der Waals surface area contributed by atoms with Crippen LogP contribution in [0.5, 0.6) is 0 Å². The molecule has 6 heteroatoms. The van der Waals surface area contributed by atoms with Gasteiger partial charge in [0.1, 0.15) is 5.54 Å². The number of nitrogens with two attached hydrogens (primary N) is 1. The van der Waals surface area contributed by atoms with Gasteiger partial charge in [-0.2, -0.15) is 5.10 Å². The van der Waals surface area contributed by atoms with Gasteiger partial charge < -0.3 is 5.73 Å². The third-order valence-corrected chi connectivity index (χ3v) is 4.42. The zero-order chi connectivity index (χ0) is 15.3. The Balaban J connectivity index is 2.28. The number of hydrogen-bond acceptors (Lipinski definition) is 4. The highest BCUT2D eigenvalue weighted by molar-refractivity contribution is 7.99. The van der Waals surface area contributed by atoms with Crippen molar-refractivity contribution in [3.05, 3.63) is 48.3 Å². The Morgan fingerprint density at radius 1 is 1.43 bits per heavy atom. The second-order valence-electron chi connectivity index (χ2n) is 4.80. The summed E-state index contributed by atoms with van der Waals surface area (Å²) in [6.07, 6.45) is 3.71. The predicted molar refractivity (Wildman–Crippen MR) is 84.9 cm³/mol. The van der Waals surface area contributed by atoms with Gasteiger partial charge in [0, 0.05) is 23.9 Å². The number of aromatic nitrogens is 2. The molecule has 5 nitrogen and oxygen atoms in total. The molecule has 21 heavy (non-hydrogen) atoms. The molecule has 0 aliphatic rings. The number of amides is 1. The monoisotopic (exact) mass is 304 g/mol. The molecule has 112 valence electrons. The SMILES string of the molecule is CCNC(CSc1cnn(C)c1)(C(N)=O)c1ccccc1. The van der Waals surface area contributed by atoms with Crippen molar-refractivity contribution >= 4 is 17.7 Å². The summed E-state index contributed by atoms with van der Waals surface area (Å²) >= 11 is 1.56. The van der Waals surface area contributed by atoms with Crippen LogP contribution < -0.4 is 11.1 Å². The van der Waals surface area contributed by atoms with E-state index in [1.54, 1.807) is 22.6 Å². The minimum absolute atomic E-state index is 0.369. The molecule has 0 saturated heterocycles. The van der Waals surface area contributed by atoms with E-state index in [1.807, 2.05) is 50.5 Å². The Labute approximate surface area is 128 Å². The lowest BCUT2D eigenvalue weighted by atomic mass is 9.91. The van der Waals surface area contributed by atoms with Crippen LogP contribution in [0.15, 0.2) is 47.6 Å². The van der Waals surface area contributed by atoms with Crippen LogP contribution in [0.2, 0.25) is 0 Å². The van der Waals surface area contributed by atoms with Crippen molar-refractivity contribution in [2.45, 2.75) is 17.4 Å². The molecule has 1 aromatic heterocycles. The normalized spacial score (nSPS) is 13.8. The van der Waals surface area contributed by atoms with Gasteiger partial charge >= 0.3 is 0 Å². The summed E-state index contributed by atoms with van der Waals surface area (Å²) in [7, 11) is 1.87. The number of benzene rings is 1. The van der Waals surface area contributed by atoms with E-state index in [2.05, 4.69) is 10.4 Å². The maximum absolute atomic E-state index is 12.2. The summed E-state index contributed by atoms with van der Waals surface area (Å²) < 4.78 is 1.74. The highest BCUT2D eigenvalue weighted by Crippen LogP contribution is 2.29. The van der Waals surface area contributed by atoms with Gasteiger partial charge in [0.05, 0.1) is 6.20 Å². The molecule has 1 aromatic carbocycles. The maximum Gasteiger partial charge on any atom is 0.243 e. The van der Waals surface area contributed by atoms with Gasteiger partial charge in [-0.1, -0.05) is 37.3 Å². The predicted octanol–water partition coefficient (Wildman–Crippen LogP) is 1.50. The molecule has 0 aliphatic heterocycles. The Bertz CT molecular complexity index is 599. The van der Waals surface area contributed by atoms with E-state index in [9.17, 15) is 4.79 Å². The van der Waals surface area contributed by atoms with Crippen LogP contribution >= 0.6 is 11.8 Å². The van der Waals surface area contributed by atoms with E-state index in [-0.39, 0.29) is 5.91 Å². The summed E-state index contributed by atoms with van der Waals surface area (Å²) in [5, 5.41) is 7.41. The van der Waals surface area contributed by atoms with Crippen LogP contribution in [0.3, 0.4) is 0 Å². The van der Waals surface area contributed by atoms with Crippen LogP contribution in [-0.2, 0) is 17.4 Å². The van der Waals surface area contributed by atoms with E-state index >= 15 is 0 Å². The highest BCUT2D eigenvalue weighted by atomic mass is 32.2. The lowest BCUT2D eigenvalue weighted by molar-refractivity contribution is -0.123. The molecule has 1 amide bonds. The third-order valence-electron chi connectivity index (χ3n) is 3.30. The molecule has 0 spiro atoms. The lowest BCUT2D eigenvalue weighted by Crippen LogP contribution is -2.54. The van der Waals surface area contributed by atoms with Gasteiger partial charge in [-0.05, 0) is 12.1 Å². The first-order chi connectivity index (χ1) is 10.1. The Hall–Kier alpha value is -1.79. The van der Waals surface area contributed by atoms with Crippen LogP contribution in [0.25, 0.3) is 0 Å². The average Bonchev–Trinajstić information content (AvgIpc) is 2.90. The van der Waals surface area contributed by atoms with Gasteiger partial charge in [0.15, 0.2) is 0 Å². The Morgan fingerprint density at radius 3 is 2.67 bits per heavy atom. The molecule has 2 rings (SSSR count).